The van der Waals surface area contributed by atoms with Crippen molar-refractivity contribution in [3.63, 3.8) is 0 Å². The summed E-state index contributed by atoms with van der Waals surface area (Å²) in [5, 5.41) is 11.2. The van der Waals surface area contributed by atoms with Crippen LogP contribution in [0.2, 0.25) is 0 Å². The van der Waals surface area contributed by atoms with E-state index in [1.807, 2.05) is 26.8 Å². The normalized spacial score (nSPS) is 12.3. The van der Waals surface area contributed by atoms with E-state index in [0.717, 1.165) is 5.56 Å². The van der Waals surface area contributed by atoms with Crippen molar-refractivity contribution in [1.29, 1.82) is 5.26 Å². The summed E-state index contributed by atoms with van der Waals surface area (Å²) in [5.74, 6) is -0.372. The quantitative estimate of drug-likeness (QED) is 0.639. The van der Waals surface area contributed by atoms with Crippen LogP contribution in [0.4, 0.5) is 0 Å². The lowest BCUT2D eigenvalue weighted by molar-refractivity contribution is -0.150. The summed E-state index contributed by atoms with van der Waals surface area (Å²) in [5.41, 5.74) is 0.381. The standard InChI is InChI=1S/C18H22N2O4/c1-13(17(22)20-18(2,3)4)24-16(21)10-7-14-5-8-15(9-6-14)23-12-11-19/h5-10,13H,12H2,1-4H3,(H,20,22)/b10-7+. The van der Waals surface area contributed by atoms with Crippen LogP contribution in [0.3, 0.4) is 0 Å². The highest BCUT2D eigenvalue weighted by molar-refractivity contribution is 5.90. The fourth-order valence-electron chi connectivity index (χ4n) is 1.69. The van der Waals surface area contributed by atoms with Crippen molar-refractivity contribution in [1.82, 2.24) is 5.32 Å². The molecule has 0 bridgehead atoms. The zero-order valence-corrected chi connectivity index (χ0v) is 14.3. The number of nitrogens with one attached hydrogen (secondary N) is 1. The van der Waals surface area contributed by atoms with E-state index in [1.54, 1.807) is 30.3 Å². The summed E-state index contributed by atoms with van der Waals surface area (Å²) >= 11 is 0. The van der Waals surface area contributed by atoms with Gasteiger partial charge in [-0.3, -0.25) is 4.79 Å². The molecule has 0 spiro atoms. The van der Waals surface area contributed by atoms with Crippen molar-refractivity contribution in [3.05, 3.63) is 35.9 Å². The Morgan fingerprint density at radius 2 is 1.92 bits per heavy atom. The average molecular weight is 330 g/mol. The molecule has 1 aromatic rings. The van der Waals surface area contributed by atoms with Crippen LogP contribution in [-0.4, -0.2) is 30.1 Å². The first-order valence-electron chi connectivity index (χ1n) is 7.52. The third-order valence-corrected chi connectivity index (χ3v) is 2.76. The topological polar surface area (TPSA) is 88.4 Å². The van der Waals surface area contributed by atoms with E-state index in [1.165, 1.54) is 13.0 Å². The number of nitrogens with zero attached hydrogens (tertiary/aromatic N) is 1. The van der Waals surface area contributed by atoms with Crippen molar-refractivity contribution in [2.24, 2.45) is 0 Å². The Morgan fingerprint density at radius 1 is 1.29 bits per heavy atom. The second-order valence-electron chi connectivity index (χ2n) is 6.17. The van der Waals surface area contributed by atoms with E-state index in [4.69, 9.17) is 14.7 Å². The molecule has 1 atom stereocenters. The second kappa shape index (κ2) is 8.73. The van der Waals surface area contributed by atoms with E-state index >= 15 is 0 Å². The van der Waals surface area contributed by atoms with Gasteiger partial charge in [0.25, 0.3) is 5.91 Å². The number of amides is 1. The summed E-state index contributed by atoms with van der Waals surface area (Å²) < 4.78 is 10.2. The van der Waals surface area contributed by atoms with Crippen molar-refractivity contribution in [2.75, 3.05) is 6.61 Å². The molecule has 1 aromatic carbocycles. The van der Waals surface area contributed by atoms with E-state index in [2.05, 4.69) is 5.32 Å². The van der Waals surface area contributed by atoms with Crippen LogP contribution < -0.4 is 10.1 Å². The van der Waals surface area contributed by atoms with Crippen molar-refractivity contribution >= 4 is 18.0 Å². The van der Waals surface area contributed by atoms with Crippen molar-refractivity contribution in [2.45, 2.75) is 39.3 Å². The highest BCUT2D eigenvalue weighted by Crippen LogP contribution is 2.13. The lowest BCUT2D eigenvalue weighted by Crippen LogP contribution is -2.46. The van der Waals surface area contributed by atoms with Gasteiger partial charge >= 0.3 is 5.97 Å². The smallest absolute Gasteiger partial charge is 0.331 e. The van der Waals surface area contributed by atoms with Gasteiger partial charge in [-0.2, -0.15) is 5.26 Å². The highest BCUT2D eigenvalue weighted by atomic mass is 16.5. The molecule has 0 heterocycles. The zero-order valence-electron chi connectivity index (χ0n) is 14.3. The van der Waals surface area contributed by atoms with Crippen molar-refractivity contribution < 1.29 is 19.1 Å². The Kier molecular flexibility index (Phi) is 6.99. The number of benzene rings is 1. The molecule has 1 N–H and O–H groups in total. The van der Waals surface area contributed by atoms with E-state index < -0.39 is 12.1 Å². The summed E-state index contributed by atoms with van der Waals surface area (Å²) in [6.45, 7) is 7.06. The molecule has 0 fully saturated rings. The van der Waals surface area contributed by atoms with E-state index in [0.29, 0.717) is 5.75 Å². The number of carbonyl (C=O) groups is 2. The number of rotatable bonds is 6. The molecule has 24 heavy (non-hydrogen) atoms. The lowest BCUT2D eigenvalue weighted by Gasteiger charge is -2.22. The predicted molar refractivity (Wildman–Crippen MR) is 90.0 cm³/mol. The van der Waals surface area contributed by atoms with Gasteiger partial charge in [0, 0.05) is 11.6 Å². The number of carbonyl (C=O) groups excluding carboxylic acids is 2. The average Bonchev–Trinajstić information content (AvgIpc) is 2.50. The van der Waals surface area contributed by atoms with Gasteiger partial charge in [-0.15, -0.1) is 0 Å². The molecule has 0 aliphatic carbocycles. The maximum atomic E-state index is 11.8. The molecule has 6 nitrogen and oxygen atoms in total. The van der Waals surface area contributed by atoms with Crippen LogP contribution in [0.15, 0.2) is 30.3 Å². The van der Waals surface area contributed by atoms with Gasteiger partial charge < -0.3 is 14.8 Å². The van der Waals surface area contributed by atoms with Crippen LogP contribution in [0.5, 0.6) is 5.75 Å². The van der Waals surface area contributed by atoms with Crippen LogP contribution in [0.1, 0.15) is 33.3 Å². The van der Waals surface area contributed by atoms with Crippen molar-refractivity contribution in [3.8, 4) is 11.8 Å². The molecule has 0 aliphatic heterocycles. The second-order valence-corrected chi connectivity index (χ2v) is 6.17. The fourth-order valence-corrected chi connectivity index (χ4v) is 1.69. The molecule has 0 aliphatic rings. The van der Waals surface area contributed by atoms with Gasteiger partial charge in [0.05, 0.1) is 0 Å². The predicted octanol–water partition coefficient (Wildman–Crippen LogP) is 2.45. The van der Waals surface area contributed by atoms with Gasteiger partial charge in [0.1, 0.15) is 11.8 Å². The Bertz CT molecular complexity index is 636. The van der Waals surface area contributed by atoms with E-state index in [9.17, 15) is 9.59 Å². The molecule has 0 saturated carbocycles. The third kappa shape index (κ3) is 7.45. The largest absolute Gasteiger partial charge is 0.479 e. The van der Waals surface area contributed by atoms with Gasteiger partial charge in [-0.25, -0.2) is 4.79 Å². The Hall–Kier alpha value is -2.81. The highest BCUT2D eigenvalue weighted by Gasteiger charge is 2.21. The molecule has 0 saturated heterocycles. The summed E-state index contributed by atoms with van der Waals surface area (Å²) in [4.78, 5) is 23.6. The minimum Gasteiger partial charge on any atom is -0.479 e. The molecule has 1 rings (SSSR count). The number of hydrogen-bond acceptors (Lipinski definition) is 5. The third-order valence-electron chi connectivity index (χ3n) is 2.76. The molecule has 1 amide bonds. The molecule has 6 heteroatoms. The minimum absolute atomic E-state index is 0.0178. The molecule has 0 radical (unpaired) electrons. The first-order valence-corrected chi connectivity index (χ1v) is 7.52. The van der Waals surface area contributed by atoms with Crippen LogP contribution in [0, 0.1) is 11.3 Å². The van der Waals surface area contributed by atoms with Crippen LogP contribution >= 0.6 is 0 Å². The Labute approximate surface area is 142 Å². The van der Waals surface area contributed by atoms with Gasteiger partial charge in [0.15, 0.2) is 12.7 Å². The van der Waals surface area contributed by atoms with Gasteiger partial charge in [0.2, 0.25) is 0 Å². The molecule has 0 aromatic heterocycles. The zero-order chi connectivity index (χ0) is 18.2. The maximum Gasteiger partial charge on any atom is 0.331 e. The monoisotopic (exact) mass is 330 g/mol. The number of hydrogen-bond donors (Lipinski definition) is 1. The SMILES string of the molecule is CC(OC(=O)/C=C/c1ccc(OCC#N)cc1)C(=O)NC(C)(C)C. The number of nitriles is 1. The molecular weight excluding hydrogens is 308 g/mol. The van der Waals surface area contributed by atoms with Gasteiger partial charge in [-0.05, 0) is 51.5 Å². The fraction of sp³-hybridized carbons (Fsp3) is 0.389. The number of ether oxygens (including phenoxy) is 2. The molecular formula is C18H22N2O4. The van der Waals surface area contributed by atoms with E-state index in [-0.39, 0.29) is 18.1 Å². The first-order chi connectivity index (χ1) is 11.2. The number of esters is 1. The molecule has 1 unspecified atom stereocenters. The lowest BCUT2D eigenvalue weighted by atomic mass is 10.1. The summed E-state index contributed by atoms with van der Waals surface area (Å²) in [6.07, 6.45) is 1.96. The minimum atomic E-state index is -0.872. The van der Waals surface area contributed by atoms with Crippen LogP contribution in [0.25, 0.3) is 6.08 Å². The maximum absolute atomic E-state index is 11.8. The summed E-state index contributed by atoms with van der Waals surface area (Å²) in [6, 6.07) is 8.76. The first kappa shape index (κ1) is 19.2. The summed E-state index contributed by atoms with van der Waals surface area (Å²) in [7, 11) is 0. The Balaban J connectivity index is 2.53. The Morgan fingerprint density at radius 3 is 2.46 bits per heavy atom. The molecule has 128 valence electrons. The van der Waals surface area contributed by atoms with Crippen LogP contribution in [-0.2, 0) is 14.3 Å². The van der Waals surface area contributed by atoms with Gasteiger partial charge in [-0.1, -0.05) is 12.1 Å².